The summed E-state index contributed by atoms with van der Waals surface area (Å²) in [6.07, 6.45) is 2.39. The molecule has 0 unspecified atom stereocenters. The molecule has 0 bridgehead atoms. The van der Waals surface area contributed by atoms with Gasteiger partial charge in [0, 0.05) is 30.4 Å². The second-order valence-electron chi connectivity index (χ2n) is 7.90. The number of H-pyrrole nitrogens is 1. The summed E-state index contributed by atoms with van der Waals surface area (Å²) < 4.78 is 27.0. The summed E-state index contributed by atoms with van der Waals surface area (Å²) >= 11 is 6.42. The second kappa shape index (κ2) is 8.94. The van der Waals surface area contributed by atoms with Crippen molar-refractivity contribution in [3.63, 3.8) is 0 Å². The largest absolute Gasteiger partial charge is 0.480 e. The number of likely N-dealkylation sites (N-methyl/N-ethyl adjacent to an activating group) is 1. The number of benzene rings is 1. The average Bonchev–Trinajstić information content (AvgIpc) is 3.07. The van der Waals surface area contributed by atoms with Crippen LogP contribution < -0.4 is 0 Å². The molecular formula is C21H25ClN4O4S. The number of nitrogens with zero attached hydrogens (tertiary/aromatic N) is 3. The Labute approximate surface area is 186 Å². The average molecular weight is 465 g/mol. The Morgan fingerprint density at radius 1 is 1.26 bits per heavy atom. The lowest BCUT2D eigenvalue weighted by molar-refractivity contribution is -0.141. The zero-order valence-electron chi connectivity index (χ0n) is 17.8. The maximum atomic E-state index is 13.0. The van der Waals surface area contributed by atoms with E-state index in [1.807, 2.05) is 26.8 Å². The van der Waals surface area contributed by atoms with Crippen LogP contribution in [0.15, 0.2) is 35.4 Å². The first-order valence-corrected chi connectivity index (χ1v) is 11.6. The first-order valence-electron chi connectivity index (χ1n) is 9.80. The van der Waals surface area contributed by atoms with E-state index in [1.165, 1.54) is 19.2 Å². The van der Waals surface area contributed by atoms with Crippen LogP contribution in [-0.2, 0) is 21.2 Å². The van der Waals surface area contributed by atoms with E-state index in [-0.39, 0.29) is 22.3 Å². The maximum absolute atomic E-state index is 13.0. The van der Waals surface area contributed by atoms with Crippen LogP contribution in [0.25, 0.3) is 11.4 Å². The number of nitrogens with one attached hydrogen (secondary N) is 1. The number of carbonyl (C=O) groups is 1. The fraction of sp³-hybridized carbons (Fsp3) is 0.381. The van der Waals surface area contributed by atoms with Gasteiger partial charge in [-0.2, -0.15) is 4.31 Å². The number of sulfonamides is 1. The normalized spacial score (nSPS) is 13.3. The highest BCUT2D eigenvalue weighted by Gasteiger charge is 2.33. The fourth-order valence-corrected chi connectivity index (χ4v) is 5.10. The van der Waals surface area contributed by atoms with Gasteiger partial charge in [-0.1, -0.05) is 31.5 Å². The number of aromatic nitrogens is 3. The molecule has 2 N–H and O–H groups in total. The molecule has 2 aliphatic heterocycles. The molecule has 166 valence electrons. The topological polar surface area (TPSA) is 116 Å². The molecule has 0 aromatic heterocycles. The van der Waals surface area contributed by atoms with E-state index in [9.17, 15) is 18.3 Å². The fourth-order valence-electron chi connectivity index (χ4n) is 3.44. The van der Waals surface area contributed by atoms with Gasteiger partial charge in [0.05, 0.1) is 10.6 Å². The van der Waals surface area contributed by atoms with E-state index < -0.39 is 22.0 Å². The van der Waals surface area contributed by atoms with Gasteiger partial charge in [-0.15, -0.1) is 0 Å². The standard InChI is InChI=1S/C21H25ClN4O4S/c1-12(2)9-19(21(27)28)26(4)31(29,30)15-6-5-14(16(22)11-15)10-18-20-17(7-8-23-18)24-13(3)25-20/h5-8,11-12,19,23H,9-10H2,1-4H3,(H,27,28)/t19-/m0/s1. The van der Waals surface area contributed by atoms with Crippen molar-refractivity contribution in [1.82, 2.24) is 19.3 Å². The van der Waals surface area contributed by atoms with Gasteiger partial charge < -0.3 is 10.1 Å². The number of pyridine rings is 1. The molecule has 1 atom stereocenters. The molecule has 10 heteroatoms. The highest BCUT2D eigenvalue weighted by molar-refractivity contribution is 7.89. The third-order valence-electron chi connectivity index (χ3n) is 5.07. The second-order valence-corrected chi connectivity index (χ2v) is 10.3. The quantitative estimate of drug-likeness (QED) is 0.526. The van der Waals surface area contributed by atoms with Crippen molar-refractivity contribution >= 4 is 27.6 Å². The third-order valence-corrected chi connectivity index (χ3v) is 7.28. The molecule has 2 heterocycles. The minimum Gasteiger partial charge on any atom is -0.480 e. The van der Waals surface area contributed by atoms with E-state index in [4.69, 9.17) is 11.6 Å². The molecule has 2 aliphatic rings. The number of imidazole rings is 1. The SMILES string of the molecule is Cc1nc2cc[nH]c(Cc3ccc(S(=O)(=O)N(C)[C@@H](CC(C)C)C(=O)O)cc3Cl)c-2n1. The number of aromatic amines is 1. The Balaban J connectivity index is 1.89. The van der Waals surface area contributed by atoms with E-state index in [2.05, 4.69) is 15.0 Å². The lowest BCUT2D eigenvalue weighted by Gasteiger charge is -2.25. The van der Waals surface area contributed by atoms with Gasteiger partial charge in [-0.25, -0.2) is 18.4 Å². The van der Waals surface area contributed by atoms with E-state index in [0.29, 0.717) is 17.8 Å². The van der Waals surface area contributed by atoms with Crippen molar-refractivity contribution in [2.24, 2.45) is 5.92 Å². The molecule has 0 saturated carbocycles. The number of carboxylic acid groups (broad SMARTS) is 1. The molecule has 1 aromatic rings. The van der Waals surface area contributed by atoms with Gasteiger partial charge in [0.15, 0.2) is 0 Å². The van der Waals surface area contributed by atoms with Crippen LogP contribution in [-0.4, -0.2) is 51.8 Å². The highest BCUT2D eigenvalue weighted by Crippen LogP contribution is 2.29. The predicted octanol–water partition coefficient (Wildman–Crippen LogP) is 3.58. The number of rotatable bonds is 8. The van der Waals surface area contributed by atoms with Crippen LogP contribution in [0.3, 0.4) is 0 Å². The van der Waals surface area contributed by atoms with Gasteiger partial charge in [0.2, 0.25) is 10.0 Å². The Hall–Kier alpha value is -2.49. The van der Waals surface area contributed by atoms with Crippen molar-refractivity contribution in [2.75, 3.05) is 7.05 Å². The minimum atomic E-state index is -4.03. The number of fused-ring (bicyclic) bond motifs is 1. The molecule has 0 radical (unpaired) electrons. The number of carboxylic acids is 1. The molecule has 8 nitrogen and oxygen atoms in total. The van der Waals surface area contributed by atoms with Gasteiger partial charge >= 0.3 is 5.97 Å². The predicted molar refractivity (Wildman–Crippen MR) is 118 cm³/mol. The molecule has 0 fully saturated rings. The monoisotopic (exact) mass is 464 g/mol. The lowest BCUT2D eigenvalue weighted by atomic mass is 10.0. The molecule has 1 aromatic carbocycles. The van der Waals surface area contributed by atoms with Crippen LogP contribution >= 0.6 is 11.6 Å². The number of hydrogen-bond donors (Lipinski definition) is 2. The van der Waals surface area contributed by atoms with Gasteiger partial charge in [-0.05, 0) is 43.0 Å². The number of hydrogen-bond acceptors (Lipinski definition) is 5. The van der Waals surface area contributed by atoms with Gasteiger partial charge in [0.1, 0.15) is 17.6 Å². The molecule has 0 spiro atoms. The summed E-state index contributed by atoms with van der Waals surface area (Å²) in [5.74, 6) is -0.496. The number of halogens is 1. The van der Waals surface area contributed by atoms with Crippen LogP contribution in [0.5, 0.6) is 0 Å². The summed E-state index contributed by atoms with van der Waals surface area (Å²) in [6.45, 7) is 5.51. The molecule has 0 saturated heterocycles. The van der Waals surface area contributed by atoms with Crippen molar-refractivity contribution in [1.29, 1.82) is 0 Å². The summed E-state index contributed by atoms with van der Waals surface area (Å²) in [5, 5.41) is 9.78. The summed E-state index contributed by atoms with van der Waals surface area (Å²) in [4.78, 5) is 23.5. The molecule has 0 aliphatic carbocycles. The Morgan fingerprint density at radius 3 is 2.58 bits per heavy atom. The van der Waals surface area contributed by atoms with Crippen molar-refractivity contribution < 1.29 is 18.3 Å². The Morgan fingerprint density at radius 2 is 1.97 bits per heavy atom. The van der Waals surface area contributed by atoms with Gasteiger partial charge in [-0.3, -0.25) is 4.79 Å². The molecule has 31 heavy (non-hydrogen) atoms. The first-order chi connectivity index (χ1) is 14.5. The van der Waals surface area contributed by atoms with E-state index in [1.54, 1.807) is 12.3 Å². The summed E-state index contributed by atoms with van der Waals surface area (Å²) in [6, 6.07) is 5.12. The smallest absolute Gasteiger partial charge is 0.322 e. The molecular weight excluding hydrogens is 440 g/mol. The van der Waals surface area contributed by atoms with Crippen LogP contribution in [0.1, 0.15) is 37.4 Å². The van der Waals surface area contributed by atoms with Gasteiger partial charge in [0.25, 0.3) is 0 Å². The first kappa shape index (κ1) is 23.2. The number of aliphatic carboxylic acids is 1. The Kier molecular flexibility index (Phi) is 6.68. The van der Waals surface area contributed by atoms with Crippen LogP contribution in [0.4, 0.5) is 0 Å². The van der Waals surface area contributed by atoms with E-state index in [0.717, 1.165) is 21.4 Å². The van der Waals surface area contributed by atoms with Crippen LogP contribution in [0, 0.1) is 12.8 Å². The maximum Gasteiger partial charge on any atom is 0.322 e. The number of aryl methyl sites for hydroxylation is 1. The lowest BCUT2D eigenvalue weighted by Crippen LogP contribution is -2.43. The molecule has 0 amide bonds. The summed E-state index contributed by atoms with van der Waals surface area (Å²) in [7, 11) is -2.75. The van der Waals surface area contributed by atoms with Crippen molar-refractivity contribution in [2.45, 2.75) is 44.6 Å². The zero-order valence-corrected chi connectivity index (χ0v) is 19.3. The molecule has 3 rings (SSSR count). The van der Waals surface area contributed by atoms with Crippen LogP contribution in [0.2, 0.25) is 5.02 Å². The third kappa shape index (κ3) is 4.89. The van der Waals surface area contributed by atoms with Crippen molar-refractivity contribution in [3.05, 3.63) is 52.6 Å². The summed E-state index contributed by atoms with van der Waals surface area (Å²) in [5.41, 5.74) is 3.04. The van der Waals surface area contributed by atoms with Crippen molar-refractivity contribution in [3.8, 4) is 11.4 Å². The zero-order chi connectivity index (χ0) is 22.9. The minimum absolute atomic E-state index is 0.0200. The highest BCUT2D eigenvalue weighted by atomic mass is 35.5. The van der Waals surface area contributed by atoms with E-state index >= 15 is 0 Å². The Bertz CT molecular complexity index is 1180.